The summed E-state index contributed by atoms with van der Waals surface area (Å²) < 4.78 is 0. The summed E-state index contributed by atoms with van der Waals surface area (Å²) in [4.78, 5) is 11.4. The number of aromatic amines is 1. The van der Waals surface area contributed by atoms with E-state index in [4.69, 9.17) is 5.73 Å². The minimum Gasteiger partial charge on any atom is -0.397 e. The van der Waals surface area contributed by atoms with Gasteiger partial charge in [0, 0.05) is 29.9 Å². The zero-order valence-corrected chi connectivity index (χ0v) is 11.3. The van der Waals surface area contributed by atoms with Crippen molar-refractivity contribution in [1.82, 2.24) is 10.2 Å². The Kier molecular flexibility index (Phi) is 3.06. The summed E-state index contributed by atoms with van der Waals surface area (Å²) in [6.45, 7) is 2.61. The topological polar surface area (TPSA) is 95.8 Å². The standard InChI is InChI=1S/C14H17N5O/c1-8-10(7-17-19-8)6-16-13-5-12-9(4-11(13)15)2-3-14(20)18-12/h4-5,7,16H,2-3,6,15H2,1H3,(H,17,19)(H,18,20). The number of nitrogens with two attached hydrogens (primary N) is 1. The lowest BCUT2D eigenvalue weighted by molar-refractivity contribution is -0.116. The number of H-pyrrole nitrogens is 1. The molecule has 0 saturated heterocycles. The van der Waals surface area contributed by atoms with E-state index in [1.165, 1.54) is 0 Å². The van der Waals surface area contributed by atoms with Gasteiger partial charge in [0.05, 0.1) is 17.6 Å². The Morgan fingerprint density at radius 1 is 1.40 bits per heavy atom. The molecule has 20 heavy (non-hydrogen) atoms. The first-order valence-corrected chi connectivity index (χ1v) is 6.58. The van der Waals surface area contributed by atoms with Crippen molar-refractivity contribution in [1.29, 1.82) is 0 Å². The van der Waals surface area contributed by atoms with Crippen molar-refractivity contribution < 1.29 is 4.79 Å². The molecule has 1 aromatic carbocycles. The number of nitrogen functional groups attached to an aromatic ring is 1. The highest BCUT2D eigenvalue weighted by Gasteiger charge is 2.16. The number of aryl methyl sites for hydroxylation is 2. The summed E-state index contributed by atoms with van der Waals surface area (Å²) in [5.74, 6) is 0.0545. The van der Waals surface area contributed by atoms with Crippen LogP contribution in [-0.4, -0.2) is 16.1 Å². The van der Waals surface area contributed by atoms with E-state index in [2.05, 4.69) is 20.8 Å². The molecule has 0 atom stereocenters. The van der Waals surface area contributed by atoms with E-state index in [1.807, 2.05) is 19.1 Å². The molecule has 6 nitrogen and oxygen atoms in total. The quantitative estimate of drug-likeness (QED) is 0.640. The summed E-state index contributed by atoms with van der Waals surface area (Å²) in [6.07, 6.45) is 3.05. The predicted molar refractivity (Wildman–Crippen MR) is 78.5 cm³/mol. The van der Waals surface area contributed by atoms with E-state index in [9.17, 15) is 4.79 Å². The van der Waals surface area contributed by atoms with Gasteiger partial charge < -0.3 is 16.4 Å². The van der Waals surface area contributed by atoms with Crippen LogP contribution in [0.2, 0.25) is 0 Å². The Bertz CT molecular complexity index is 662. The number of hydrogen-bond donors (Lipinski definition) is 4. The van der Waals surface area contributed by atoms with E-state index >= 15 is 0 Å². The van der Waals surface area contributed by atoms with Gasteiger partial charge in [0.15, 0.2) is 0 Å². The highest BCUT2D eigenvalue weighted by Crippen LogP contribution is 2.31. The maximum Gasteiger partial charge on any atom is 0.224 e. The van der Waals surface area contributed by atoms with Crippen LogP contribution >= 0.6 is 0 Å². The molecule has 0 unspecified atom stereocenters. The maximum atomic E-state index is 11.4. The zero-order chi connectivity index (χ0) is 14.1. The summed E-state index contributed by atoms with van der Waals surface area (Å²) in [5, 5.41) is 13.0. The van der Waals surface area contributed by atoms with Crippen molar-refractivity contribution in [3.8, 4) is 0 Å². The van der Waals surface area contributed by atoms with Crippen molar-refractivity contribution in [2.45, 2.75) is 26.3 Å². The van der Waals surface area contributed by atoms with E-state index < -0.39 is 0 Å². The molecule has 1 aromatic heterocycles. The molecule has 104 valence electrons. The van der Waals surface area contributed by atoms with Crippen LogP contribution in [0.25, 0.3) is 0 Å². The molecule has 0 fully saturated rings. The number of carbonyl (C=O) groups excluding carboxylic acids is 1. The van der Waals surface area contributed by atoms with Gasteiger partial charge in [-0.25, -0.2) is 0 Å². The van der Waals surface area contributed by atoms with E-state index in [-0.39, 0.29) is 5.91 Å². The summed E-state index contributed by atoms with van der Waals surface area (Å²) in [6, 6.07) is 3.83. The van der Waals surface area contributed by atoms with Gasteiger partial charge in [0.25, 0.3) is 0 Å². The molecule has 5 N–H and O–H groups in total. The molecule has 3 rings (SSSR count). The van der Waals surface area contributed by atoms with Crippen LogP contribution in [0.1, 0.15) is 23.2 Å². The van der Waals surface area contributed by atoms with Gasteiger partial charge in [0.1, 0.15) is 0 Å². The second-order valence-corrected chi connectivity index (χ2v) is 5.02. The smallest absolute Gasteiger partial charge is 0.224 e. The van der Waals surface area contributed by atoms with Crippen molar-refractivity contribution in [2.75, 3.05) is 16.4 Å². The molecule has 2 heterocycles. The van der Waals surface area contributed by atoms with E-state index in [0.29, 0.717) is 18.7 Å². The first-order valence-electron chi connectivity index (χ1n) is 6.58. The second kappa shape index (κ2) is 4.88. The number of aromatic nitrogens is 2. The molecular weight excluding hydrogens is 254 g/mol. The SMILES string of the molecule is Cc1[nH]ncc1CNc1cc2c(cc1N)CCC(=O)N2. The average Bonchev–Trinajstić information content (AvgIpc) is 2.82. The Balaban J connectivity index is 1.81. The van der Waals surface area contributed by atoms with Gasteiger partial charge in [-0.2, -0.15) is 5.10 Å². The fourth-order valence-corrected chi connectivity index (χ4v) is 2.35. The second-order valence-electron chi connectivity index (χ2n) is 5.02. The zero-order valence-electron chi connectivity index (χ0n) is 11.3. The number of nitrogens with zero attached hydrogens (tertiary/aromatic N) is 1. The molecule has 0 bridgehead atoms. The van der Waals surface area contributed by atoms with Gasteiger partial charge in [0.2, 0.25) is 5.91 Å². The minimum absolute atomic E-state index is 0.0545. The molecule has 0 radical (unpaired) electrons. The molecule has 2 aromatic rings. The van der Waals surface area contributed by atoms with Gasteiger partial charge in [-0.05, 0) is 31.0 Å². The normalized spacial score (nSPS) is 13.8. The maximum absolute atomic E-state index is 11.4. The van der Waals surface area contributed by atoms with E-state index in [1.54, 1.807) is 6.20 Å². The van der Waals surface area contributed by atoms with Crippen LogP contribution in [0.5, 0.6) is 0 Å². The number of fused-ring (bicyclic) bond motifs is 1. The fourth-order valence-electron chi connectivity index (χ4n) is 2.35. The van der Waals surface area contributed by atoms with Gasteiger partial charge in [-0.1, -0.05) is 0 Å². The number of hydrogen-bond acceptors (Lipinski definition) is 4. The third kappa shape index (κ3) is 2.32. The Morgan fingerprint density at radius 2 is 2.25 bits per heavy atom. The lowest BCUT2D eigenvalue weighted by Gasteiger charge is -2.19. The number of rotatable bonds is 3. The van der Waals surface area contributed by atoms with Gasteiger partial charge in [-0.15, -0.1) is 0 Å². The lowest BCUT2D eigenvalue weighted by atomic mass is 10.0. The third-order valence-corrected chi connectivity index (χ3v) is 3.57. The van der Waals surface area contributed by atoms with Crippen LogP contribution < -0.4 is 16.4 Å². The first-order chi connectivity index (χ1) is 9.63. The third-order valence-electron chi connectivity index (χ3n) is 3.57. The molecule has 0 saturated carbocycles. The van der Waals surface area contributed by atoms with Crippen LogP contribution in [0.4, 0.5) is 17.1 Å². The number of anilines is 3. The molecule has 0 spiro atoms. The van der Waals surface area contributed by atoms with Crippen molar-refractivity contribution in [2.24, 2.45) is 0 Å². The van der Waals surface area contributed by atoms with Crippen LogP contribution in [0, 0.1) is 6.92 Å². The summed E-state index contributed by atoms with van der Waals surface area (Å²) in [5.41, 5.74) is 11.6. The number of carbonyl (C=O) groups is 1. The van der Waals surface area contributed by atoms with Gasteiger partial charge >= 0.3 is 0 Å². The Labute approximate surface area is 116 Å². The Hall–Kier alpha value is -2.50. The van der Waals surface area contributed by atoms with Crippen LogP contribution in [-0.2, 0) is 17.8 Å². The number of nitrogens with one attached hydrogen (secondary N) is 3. The monoisotopic (exact) mass is 271 g/mol. The fraction of sp³-hybridized carbons (Fsp3) is 0.286. The molecule has 1 aliphatic rings. The van der Waals surface area contributed by atoms with Crippen molar-refractivity contribution in [3.05, 3.63) is 35.2 Å². The van der Waals surface area contributed by atoms with Crippen molar-refractivity contribution >= 4 is 23.0 Å². The molecular formula is C14H17N5O. The summed E-state index contributed by atoms with van der Waals surface area (Å²) in [7, 11) is 0. The largest absolute Gasteiger partial charge is 0.397 e. The molecule has 1 aliphatic heterocycles. The first kappa shape index (κ1) is 12.5. The highest BCUT2D eigenvalue weighted by atomic mass is 16.1. The van der Waals surface area contributed by atoms with Crippen LogP contribution in [0.3, 0.4) is 0 Å². The van der Waals surface area contributed by atoms with Crippen molar-refractivity contribution in [3.63, 3.8) is 0 Å². The summed E-state index contributed by atoms with van der Waals surface area (Å²) >= 11 is 0. The molecule has 1 amide bonds. The van der Waals surface area contributed by atoms with Gasteiger partial charge in [-0.3, -0.25) is 9.89 Å². The lowest BCUT2D eigenvalue weighted by Crippen LogP contribution is -2.19. The van der Waals surface area contributed by atoms with Crippen LogP contribution in [0.15, 0.2) is 18.3 Å². The predicted octanol–water partition coefficient (Wildman–Crippen LogP) is 1.80. The Morgan fingerprint density at radius 3 is 3.00 bits per heavy atom. The van der Waals surface area contributed by atoms with E-state index in [0.717, 1.165) is 34.6 Å². The molecule has 0 aliphatic carbocycles. The average molecular weight is 271 g/mol. The minimum atomic E-state index is 0.0545. The molecule has 6 heteroatoms. The number of amides is 1. The highest BCUT2D eigenvalue weighted by molar-refractivity contribution is 5.95. The number of benzene rings is 1.